The molecule has 0 N–H and O–H groups in total. The standard InChI is InChI=1S/C21H38O5Si/c1-11-13-14-17(23-15(3)22)19(26-27(9,10)20(4,5)6)18-16(12-2)24-21(7,8)25-18/h11-12,16-19H,1-2,13-14H2,3-10H3/t16?,17-,18?,19-/m0/s1. The van der Waals surface area contributed by atoms with Gasteiger partial charge in [0.15, 0.2) is 14.1 Å². The Morgan fingerprint density at radius 2 is 1.85 bits per heavy atom. The van der Waals surface area contributed by atoms with Crippen LogP contribution in [0.2, 0.25) is 18.1 Å². The zero-order valence-electron chi connectivity index (χ0n) is 18.3. The van der Waals surface area contributed by atoms with Crippen molar-refractivity contribution < 1.29 is 23.4 Å². The van der Waals surface area contributed by atoms with Crippen LogP contribution in [0.3, 0.4) is 0 Å². The Kier molecular flexibility index (Phi) is 8.06. The number of ether oxygens (including phenoxy) is 3. The van der Waals surface area contributed by atoms with E-state index in [0.717, 1.165) is 0 Å². The van der Waals surface area contributed by atoms with Crippen molar-refractivity contribution in [2.75, 3.05) is 0 Å². The molecule has 0 aromatic heterocycles. The van der Waals surface area contributed by atoms with Crippen molar-refractivity contribution >= 4 is 14.3 Å². The van der Waals surface area contributed by atoms with Gasteiger partial charge in [-0.2, -0.15) is 0 Å². The van der Waals surface area contributed by atoms with Gasteiger partial charge in [-0.3, -0.25) is 4.79 Å². The van der Waals surface area contributed by atoms with Gasteiger partial charge in [0.1, 0.15) is 24.4 Å². The fraction of sp³-hybridized carbons (Fsp3) is 0.762. The van der Waals surface area contributed by atoms with Crippen LogP contribution in [0.1, 0.15) is 54.4 Å². The van der Waals surface area contributed by atoms with E-state index in [1.165, 1.54) is 6.92 Å². The minimum absolute atomic E-state index is 0.00309. The quantitative estimate of drug-likeness (QED) is 0.311. The molecular formula is C21H38O5Si. The molecule has 0 spiro atoms. The van der Waals surface area contributed by atoms with Gasteiger partial charge in [0.2, 0.25) is 0 Å². The second-order valence-corrected chi connectivity index (χ2v) is 13.9. The topological polar surface area (TPSA) is 54.0 Å². The van der Waals surface area contributed by atoms with E-state index >= 15 is 0 Å². The molecule has 2 unspecified atom stereocenters. The highest BCUT2D eigenvalue weighted by Crippen LogP contribution is 2.41. The zero-order chi connectivity index (χ0) is 21.0. The predicted molar refractivity (Wildman–Crippen MR) is 111 cm³/mol. The van der Waals surface area contributed by atoms with Gasteiger partial charge >= 0.3 is 5.97 Å². The van der Waals surface area contributed by atoms with Crippen LogP contribution in [-0.2, 0) is 23.4 Å². The summed E-state index contributed by atoms with van der Waals surface area (Å²) in [4.78, 5) is 11.8. The van der Waals surface area contributed by atoms with E-state index in [1.54, 1.807) is 6.08 Å². The maximum atomic E-state index is 11.8. The summed E-state index contributed by atoms with van der Waals surface area (Å²) in [5.74, 6) is -1.08. The fourth-order valence-corrected chi connectivity index (χ4v) is 4.23. The van der Waals surface area contributed by atoms with Crippen molar-refractivity contribution in [1.29, 1.82) is 0 Å². The largest absolute Gasteiger partial charge is 0.460 e. The molecule has 5 nitrogen and oxygen atoms in total. The Labute approximate surface area is 166 Å². The van der Waals surface area contributed by atoms with Gasteiger partial charge in [-0.1, -0.05) is 32.9 Å². The Morgan fingerprint density at radius 1 is 1.26 bits per heavy atom. The molecule has 0 saturated carbocycles. The lowest BCUT2D eigenvalue weighted by Gasteiger charge is -2.43. The molecule has 1 rings (SSSR count). The van der Waals surface area contributed by atoms with E-state index in [1.807, 2.05) is 19.9 Å². The van der Waals surface area contributed by atoms with Crippen LogP contribution in [0.5, 0.6) is 0 Å². The van der Waals surface area contributed by atoms with Gasteiger partial charge in [-0.25, -0.2) is 0 Å². The molecule has 0 amide bonds. The average Bonchev–Trinajstić information content (AvgIpc) is 2.82. The minimum Gasteiger partial charge on any atom is -0.460 e. The minimum atomic E-state index is -2.16. The second-order valence-electron chi connectivity index (χ2n) is 9.16. The molecule has 6 heteroatoms. The third-order valence-electron chi connectivity index (χ3n) is 5.30. The van der Waals surface area contributed by atoms with Crippen molar-refractivity contribution in [3.05, 3.63) is 25.3 Å². The summed E-state index contributed by atoms with van der Waals surface area (Å²) in [6.07, 6.45) is 3.26. The van der Waals surface area contributed by atoms with Gasteiger partial charge in [0.25, 0.3) is 0 Å². The lowest BCUT2D eigenvalue weighted by Crippen LogP contribution is -2.54. The van der Waals surface area contributed by atoms with Crippen molar-refractivity contribution in [1.82, 2.24) is 0 Å². The van der Waals surface area contributed by atoms with Crippen LogP contribution >= 0.6 is 0 Å². The van der Waals surface area contributed by atoms with E-state index in [9.17, 15) is 4.79 Å². The lowest BCUT2D eigenvalue weighted by molar-refractivity contribution is -0.171. The second kappa shape index (κ2) is 9.03. The molecule has 4 atom stereocenters. The van der Waals surface area contributed by atoms with Crippen molar-refractivity contribution in [3.63, 3.8) is 0 Å². The van der Waals surface area contributed by atoms with Gasteiger partial charge in [-0.05, 0) is 44.8 Å². The van der Waals surface area contributed by atoms with Crippen molar-refractivity contribution in [2.45, 2.75) is 103 Å². The number of esters is 1. The van der Waals surface area contributed by atoms with E-state index in [-0.39, 0.29) is 17.1 Å². The van der Waals surface area contributed by atoms with Gasteiger partial charge in [0.05, 0.1) is 0 Å². The Balaban J connectivity index is 3.30. The van der Waals surface area contributed by atoms with Crippen LogP contribution in [0, 0.1) is 0 Å². The summed E-state index contributed by atoms with van der Waals surface area (Å²) < 4.78 is 24.6. The van der Waals surface area contributed by atoms with Crippen LogP contribution in [0.15, 0.2) is 25.3 Å². The molecule has 1 saturated heterocycles. The number of carbonyl (C=O) groups excluding carboxylic acids is 1. The van der Waals surface area contributed by atoms with Gasteiger partial charge in [-0.15, -0.1) is 13.2 Å². The summed E-state index contributed by atoms with van der Waals surface area (Å²) in [6.45, 7) is 23.8. The monoisotopic (exact) mass is 398 g/mol. The van der Waals surface area contributed by atoms with Gasteiger partial charge < -0.3 is 18.6 Å². The maximum Gasteiger partial charge on any atom is 0.302 e. The van der Waals surface area contributed by atoms with Crippen molar-refractivity contribution in [3.8, 4) is 0 Å². The molecule has 0 radical (unpaired) electrons. The molecule has 27 heavy (non-hydrogen) atoms. The van der Waals surface area contributed by atoms with Crippen LogP contribution < -0.4 is 0 Å². The third kappa shape index (κ3) is 6.56. The fourth-order valence-electron chi connectivity index (χ4n) is 2.91. The van der Waals surface area contributed by atoms with Crippen molar-refractivity contribution in [2.24, 2.45) is 0 Å². The molecule has 1 heterocycles. The molecular weight excluding hydrogens is 360 g/mol. The number of rotatable bonds is 9. The molecule has 0 bridgehead atoms. The Morgan fingerprint density at radius 3 is 2.30 bits per heavy atom. The summed E-state index contributed by atoms with van der Waals surface area (Å²) in [5.41, 5.74) is 0. The van der Waals surface area contributed by atoms with Crippen LogP contribution in [-0.4, -0.2) is 44.5 Å². The average molecular weight is 399 g/mol. The molecule has 1 fully saturated rings. The molecule has 156 valence electrons. The summed E-state index contributed by atoms with van der Waals surface area (Å²) in [6, 6.07) is 0. The number of hydrogen-bond donors (Lipinski definition) is 0. The Bertz CT molecular complexity index is 535. The van der Waals surface area contributed by atoms with E-state index < -0.39 is 32.4 Å². The molecule has 0 aromatic rings. The zero-order valence-corrected chi connectivity index (χ0v) is 19.3. The Hall–Kier alpha value is -0.953. The first-order chi connectivity index (χ1) is 12.2. The highest BCUT2D eigenvalue weighted by atomic mass is 28.4. The summed E-state index contributed by atoms with van der Waals surface area (Å²) >= 11 is 0. The summed E-state index contributed by atoms with van der Waals surface area (Å²) in [5, 5.41) is 0.00309. The molecule has 1 aliphatic rings. The third-order valence-corrected chi connectivity index (χ3v) is 9.77. The molecule has 0 aliphatic carbocycles. The number of allylic oxidation sites excluding steroid dienone is 1. The maximum absolute atomic E-state index is 11.8. The van der Waals surface area contributed by atoms with E-state index in [4.69, 9.17) is 18.6 Å². The first kappa shape index (κ1) is 24.1. The molecule has 1 aliphatic heterocycles. The summed E-state index contributed by atoms with van der Waals surface area (Å²) in [7, 11) is -2.16. The smallest absolute Gasteiger partial charge is 0.302 e. The van der Waals surface area contributed by atoms with Crippen LogP contribution in [0.25, 0.3) is 0 Å². The first-order valence-corrected chi connectivity index (χ1v) is 12.6. The number of carbonyl (C=O) groups is 1. The van der Waals surface area contributed by atoms with Gasteiger partial charge in [0, 0.05) is 6.92 Å². The molecule has 0 aromatic carbocycles. The highest BCUT2D eigenvalue weighted by Gasteiger charge is 2.50. The van der Waals surface area contributed by atoms with E-state index in [0.29, 0.717) is 12.8 Å². The lowest BCUT2D eigenvalue weighted by atomic mass is 9.99. The SMILES string of the molecule is C=CCC[C@H](OC(C)=O)[C@H](O[Si](C)(C)C(C)(C)C)C1OC(C)(C)OC1C=C. The number of hydrogen-bond acceptors (Lipinski definition) is 5. The van der Waals surface area contributed by atoms with Crippen LogP contribution in [0.4, 0.5) is 0 Å². The predicted octanol–water partition coefficient (Wildman–Crippen LogP) is 4.98. The van der Waals surface area contributed by atoms with E-state index in [2.05, 4.69) is 47.0 Å². The highest BCUT2D eigenvalue weighted by molar-refractivity contribution is 6.74. The normalized spacial score (nSPS) is 24.9. The first-order valence-electron chi connectivity index (χ1n) is 9.68.